The number of fused-ring (bicyclic) bond motifs is 1. The third-order valence-corrected chi connectivity index (χ3v) is 5.59. The first-order chi connectivity index (χ1) is 12.3. The number of carbonyl (C=O) groups excluding carboxylic acids is 1. The number of likely N-dealkylation sites (tertiary alicyclic amines) is 2. The molecule has 2 saturated heterocycles. The van der Waals surface area contributed by atoms with Gasteiger partial charge in [-0.3, -0.25) is 9.69 Å². The fourth-order valence-electron chi connectivity index (χ4n) is 4.19. The molecule has 5 heteroatoms. The van der Waals surface area contributed by atoms with Crippen LogP contribution in [0.5, 0.6) is 11.5 Å². The highest BCUT2D eigenvalue weighted by Crippen LogP contribution is 2.31. The second-order valence-corrected chi connectivity index (χ2v) is 7.36. The monoisotopic (exact) mass is 344 g/mol. The summed E-state index contributed by atoms with van der Waals surface area (Å²) in [5, 5.41) is 0. The summed E-state index contributed by atoms with van der Waals surface area (Å²) in [6, 6.07) is 6.14. The molecule has 25 heavy (non-hydrogen) atoms. The lowest BCUT2D eigenvalue weighted by molar-refractivity contribution is 0.0714. The van der Waals surface area contributed by atoms with Gasteiger partial charge in [0.2, 0.25) is 0 Å². The summed E-state index contributed by atoms with van der Waals surface area (Å²) in [6.07, 6.45) is 7.00. The van der Waals surface area contributed by atoms with Crippen molar-refractivity contribution in [1.29, 1.82) is 0 Å². The highest BCUT2D eigenvalue weighted by molar-refractivity contribution is 5.95. The van der Waals surface area contributed by atoms with Crippen molar-refractivity contribution in [3.63, 3.8) is 0 Å². The SMILES string of the molecule is O=C(c1ccc2c(c1)OCCCO2)N1CCCC[C@H](N2CCCC2)C1. The Bertz CT molecular complexity index is 613. The Kier molecular flexibility index (Phi) is 5.11. The minimum atomic E-state index is 0.127. The molecule has 1 aromatic rings. The molecule has 3 aliphatic heterocycles. The lowest BCUT2D eigenvalue weighted by Crippen LogP contribution is -2.43. The van der Waals surface area contributed by atoms with Gasteiger partial charge in [-0.1, -0.05) is 6.42 Å². The lowest BCUT2D eigenvalue weighted by Gasteiger charge is -2.30. The molecule has 0 bridgehead atoms. The van der Waals surface area contributed by atoms with Crippen molar-refractivity contribution in [3.8, 4) is 11.5 Å². The summed E-state index contributed by atoms with van der Waals surface area (Å²) in [7, 11) is 0. The van der Waals surface area contributed by atoms with E-state index in [1.54, 1.807) is 0 Å². The first-order valence-electron chi connectivity index (χ1n) is 9.74. The van der Waals surface area contributed by atoms with Crippen LogP contribution in [0, 0.1) is 0 Å². The first-order valence-corrected chi connectivity index (χ1v) is 9.74. The van der Waals surface area contributed by atoms with Crippen LogP contribution in [0.4, 0.5) is 0 Å². The van der Waals surface area contributed by atoms with Crippen LogP contribution in [-0.4, -0.2) is 61.1 Å². The molecule has 5 nitrogen and oxygen atoms in total. The fourth-order valence-corrected chi connectivity index (χ4v) is 4.19. The Morgan fingerprint density at radius 2 is 1.68 bits per heavy atom. The van der Waals surface area contributed by atoms with Crippen LogP contribution < -0.4 is 9.47 Å². The van der Waals surface area contributed by atoms with Crippen LogP contribution in [0.15, 0.2) is 18.2 Å². The van der Waals surface area contributed by atoms with E-state index >= 15 is 0 Å². The Balaban J connectivity index is 1.49. The molecular formula is C20H28N2O3. The third-order valence-electron chi connectivity index (χ3n) is 5.59. The van der Waals surface area contributed by atoms with Gasteiger partial charge in [0.05, 0.1) is 13.2 Å². The molecule has 0 spiro atoms. The molecule has 0 radical (unpaired) electrons. The van der Waals surface area contributed by atoms with Crippen LogP contribution in [0.1, 0.15) is 48.9 Å². The highest BCUT2D eigenvalue weighted by Gasteiger charge is 2.28. The van der Waals surface area contributed by atoms with E-state index in [9.17, 15) is 4.79 Å². The van der Waals surface area contributed by atoms with Crippen LogP contribution in [0.3, 0.4) is 0 Å². The van der Waals surface area contributed by atoms with Crippen molar-refractivity contribution < 1.29 is 14.3 Å². The van der Waals surface area contributed by atoms with Crippen LogP contribution in [-0.2, 0) is 0 Å². The number of hydrogen-bond acceptors (Lipinski definition) is 4. The molecule has 0 aromatic heterocycles. The Morgan fingerprint density at radius 1 is 0.920 bits per heavy atom. The van der Waals surface area contributed by atoms with Crippen LogP contribution in [0.2, 0.25) is 0 Å². The highest BCUT2D eigenvalue weighted by atomic mass is 16.5. The summed E-state index contributed by atoms with van der Waals surface area (Å²) < 4.78 is 11.4. The van der Waals surface area contributed by atoms with Gasteiger partial charge >= 0.3 is 0 Å². The zero-order valence-corrected chi connectivity index (χ0v) is 14.9. The number of ether oxygens (including phenoxy) is 2. The van der Waals surface area contributed by atoms with Crippen molar-refractivity contribution in [2.75, 3.05) is 39.4 Å². The topological polar surface area (TPSA) is 42.0 Å². The number of benzene rings is 1. The quantitative estimate of drug-likeness (QED) is 0.827. The second-order valence-electron chi connectivity index (χ2n) is 7.36. The van der Waals surface area contributed by atoms with E-state index in [0.717, 1.165) is 31.7 Å². The Hall–Kier alpha value is -1.75. The molecule has 0 aliphatic carbocycles. The maximum atomic E-state index is 13.1. The van der Waals surface area contributed by atoms with Gasteiger partial charge in [0.15, 0.2) is 11.5 Å². The number of nitrogens with zero attached hydrogens (tertiary/aromatic N) is 2. The van der Waals surface area contributed by atoms with E-state index in [2.05, 4.69) is 9.80 Å². The Labute approximate surface area is 149 Å². The Morgan fingerprint density at radius 3 is 2.52 bits per heavy atom. The number of carbonyl (C=O) groups is 1. The van der Waals surface area contributed by atoms with Gasteiger partial charge in [0.25, 0.3) is 5.91 Å². The maximum absolute atomic E-state index is 13.1. The van der Waals surface area contributed by atoms with Gasteiger partial charge in [-0.2, -0.15) is 0 Å². The van der Waals surface area contributed by atoms with Crippen molar-refractivity contribution in [3.05, 3.63) is 23.8 Å². The second kappa shape index (κ2) is 7.65. The molecule has 1 atom stereocenters. The van der Waals surface area contributed by atoms with Gasteiger partial charge < -0.3 is 14.4 Å². The number of amides is 1. The summed E-state index contributed by atoms with van der Waals surface area (Å²) in [5.74, 6) is 1.58. The lowest BCUT2D eigenvalue weighted by atomic mass is 10.1. The van der Waals surface area contributed by atoms with E-state index in [1.165, 1.54) is 38.8 Å². The van der Waals surface area contributed by atoms with E-state index < -0.39 is 0 Å². The average Bonchev–Trinajstić information content (AvgIpc) is 2.92. The summed E-state index contributed by atoms with van der Waals surface area (Å²) in [6.45, 7) is 5.41. The zero-order chi connectivity index (χ0) is 17.1. The van der Waals surface area contributed by atoms with E-state index in [0.29, 0.717) is 30.6 Å². The summed E-state index contributed by atoms with van der Waals surface area (Å²) >= 11 is 0. The molecule has 0 N–H and O–H groups in total. The average molecular weight is 344 g/mol. The predicted octanol–water partition coefficient (Wildman–Crippen LogP) is 2.94. The van der Waals surface area contributed by atoms with Crippen LogP contribution in [0.25, 0.3) is 0 Å². The summed E-state index contributed by atoms with van der Waals surface area (Å²) in [5.41, 5.74) is 0.714. The number of hydrogen-bond donors (Lipinski definition) is 0. The molecule has 4 rings (SSSR count). The van der Waals surface area contributed by atoms with Crippen molar-refractivity contribution >= 4 is 5.91 Å². The molecule has 3 heterocycles. The van der Waals surface area contributed by atoms with Gasteiger partial charge in [-0.05, 0) is 57.0 Å². The van der Waals surface area contributed by atoms with E-state index in [4.69, 9.17) is 9.47 Å². The summed E-state index contributed by atoms with van der Waals surface area (Å²) in [4.78, 5) is 17.7. The van der Waals surface area contributed by atoms with Gasteiger partial charge in [-0.15, -0.1) is 0 Å². The van der Waals surface area contributed by atoms with E-state index in [-0.39, 0.29) is 5.91 Å². The fraction of sp³-hybridized carbons (Fsp3) is 0.650. The van der Waals surface area contributed by atoms with Gasteiger partial charge in [-0.25, -0.2) is 0 Å². The molecule has 2 fully saturated rings. The molecule has 136 valence electrons. The number of rotatable bonds is 2. The minimum Gasteiger partial charge on any atom is -0.490 e. The molecule has 1 amide bonds. The molecule has 1 aromatic carbocycles. The standard InChI is InChI=1S/C20H28N2O3/c23-20(16-7-8-18-19(14-16)25-13-5-12-24-18)22-11-2-1-6-17(15-22)21-9-3-4-10-21/h7-8,14,17H,1-6,9-13,15H2/t17-/m0/s1. The minimum absolute atomic E-state index is 0.127. The molecule has 0 saturated carbocycles. The van der Waals surface area contributed by atoms with Crippen molar-refractivity contribution in [2.45, 2.75) is 44.6 Å². The first kappa shape index (κ1) is 16.7. The smallest absolute Gasteiger partial charge is 0.254 e. The van der Waals surface area contributed by atoms with E-state index in [1.807, 2.05) is 18.2 Å². The zero-order valence-electron chi connectivity index (χ0n) is 14.9. The molecule has 0 unspecified atom stereocenters. The largest absolute Gasteiger partial charge is 0.490 e. The van der Waals surface area contributed by atoms with Crippen LogP contribution >= 0.6 is 0 Å². The third kappa shape index (κ3) is 3.76. The van der Waals surface area contributed by atoms with Crippen molar-refractivity contribution in [1.82, 2.24) is 9.80 Å². The van der Waals surface area contributed by atoms with Crippen molar-refractivity contribution in [2.24, 2.45) is 0 Å². The maximum Gasteiger partial charge on any atom is 0.254 e. The molecule has 3 aliphatic rings. The predicted molar refractivity (Wildman–Crippen MR) is 96.4 cm³/mol. The van der Waals surface area contributed by atoms with Gasteiger partial charge in [0, 0.05) is 31.1 Å². The normalized spacial score (nSPS) is 24.6. The van der Waals surface area contributed by atoms with Gasteiger partial charge in [0.1, 0.15) is 0 Å². The molecular weight excluding hydrogens is 316 g/mol.